The lowest BCUT2D eigenvalue weighted by atomic mass is 10.2. The molecule has 1 saturated heterocycles. The molecule has 1 aromatic heterocycles. The molecule has 0 aliphatic carbocycles. The van der Waals surface area contributed by atoms with Crippen molar-refractivity contribution < 1.29 is 9.90 Å². The number of aromatic nitrogens is 2. The molecule has 7 nitrogen and oxygen atoms in total. The number of hydrogen-bond acceptors (Lipinski definition) is 4. The minimum Gasteiger partial charge on any atom is -0.478 e. The van der Waals surface area contributed by atoms with E-state index in [9.17, 15) is 14.7 Å². The van der Waals surface area contributed by atoms with Crippen LogP contribution in [0, 0.1) is 0 Å². The summed E-state index contributed by atoms with van der Waals surface area (Å²) in [5.74, 6) is -1.03. The summed E-state index contributed by atoms with van der Waals surface area (Å²) in [6.07, 6.45) is 0. The van der Waals surface area contributed by atoms with Gasteiger partial charge in [0, 0.05) is 26.2 Å². The molecule has 0 bridgehead atoms. The maximum atomic E-state index is 12.2. The van der Waals surface area contributed by atoms with Gasteiger partial charge in [-0.1, -0.05) is 6.07 Å². The van der Waals surface area contributed by atoms with E-state index in [4.69, 9.17) is 0 Å². The lowest BCUT2D eigenvalue weighted by Gasteiger charge is -2.34. The van der Waals surface area contributed by atoms with Crippen molar-refractivity contribution in [3.63, 3.8) is 0 Å². The SMILES string of the molecule is CN1CCN(n2c(=O)[nH]c3cccc(C(=O)O)c32)CC1. The van der Waals surface area contributed by atoms with Gasteiger partial charge in [0.1, 0.15) is 5.52 Å². The molecule has 1 aliphatic heterocycles. The summed E-state index contributed by atoms with van der Waals surface area (Å²) < 4.78 is 1.46. The number of imidazole rings is 1. The Bertz CT molecular complexity index is 710. The number of nitrogens with one attached hydrogen (secondary N) is 1. The molecule has 2 aromatic rings. The van der Waals surface area contributed by atoms with Gasteiger partial charge in [-0.15, -0.1) is 0 Å². The number of carbonyl (C=O) groups is 1. The van der Waals surface area contributed by atoms with E-state index >= 15 is 0 Å². The van der Waals surface area contributed by atoms with Crippen LogP contribution in [0.1, 0.15) is 10.4 Å². The van der Waals surface area contributed by atoms with E-state index in [0.29, 0.717) is 24.1 Å². The van der Waals surface area contributed by atoms with Gasteiger partial charge in [0.2, 0.25) is 0 Å². The molecule has 20 heavy (non-hydrogen) atoms. The van der Waals surface area contributed by atoms with E-state index in [1.807, 2.05) is 12.1 Å². The molecular weight excluding hydrogens is 260 g/mol. The number of nitrogens with zero attached hydrogens (tertiary/aromatic N) is 3. The first-order valence-electron chi connectivity index (χ1n) is 6.49. The Morgan fingerprint density at radius 3 is 2.60 bits per heavy atom. The van der Waals surface area contributed by atoms with Crippen LogP contribution in [0.25, 0.3) is 11.0 Å². The standard InChI is InChI=1S/C13H16N4O3/c1-15-5-7-16(8-6-15)17-11-9(12(18)19)3-2-4-10(11)14-13(17)20/h2-4H,5-8H2,1H3,(H,14,20)(H,18,19). The molecule has 2 heterocycles. The minimum absolute atomic E-state index is 0.139. The van der Waals surface area contributed by atoms with Crippen LogP contribution in [0.15, 0.2) is 23.0 Å². The van der Waals surface area contributed by atoms with Crippen molar-refractivity contribution in [3.8, 4) is 0 Å². The molecule has 106 valence electrons. The fourth-order valence-corrected chi connectivity index (χ4v) is 2.58. The maximum Gasteiger partial charge on any atom is 0.345 e. The van der Waals surface area contributed by atoms with Crippen molar-refractivity contribution in [3.05, 3.63) is 34.2 Å². The van der Waals surface area contributed by atoms with Crippen molar-refractivity contribution in [1.82, 2.24) is 14.6 Å². The van der Waals surface area contributed by atoms with E-state index in [1.54, 1.807) is 12.1 Å². The predicted octanol–water partition coefficient (Wildman–Crippen LogP) is -0.0888. The zero-order valence-electron chi connectivity index (χ0n) is 11.2. The number of likely N-dealkylation sites (N-methyl/N-ethyl adjacent to an activating group) is 1. The number of carboxylic acid groups (broad SMARTS) is 1. The van der Waals surface area contributed by atoms with Gasteiger partial charge < -0.3 is 20.0 Å². The van der Waals surface area contributed by atoms with Crippen molar-refractivity contribution >= 4 is 17.0 Å². The van der Waals surface area contributed by atoms with Crippen LogP contribution >= 0.6 is 0 Å². The summed E-state index contributed by atoms with van der Waals surface area (Å²) in [4.78, 5) is 28.4. The first kappa shape index (κ1) is 12.7. The summed E-state index contributed by atoms with van der Waals surface area (Å²) in [5, 5.41) is 11.2. The Morgan fingerprint density at radius 1 is 1.25 bits per heavy atom. The molecular formula is C13H16N4O3. The van der Waals surface area contributed by atoms with Crippen molar-refractivity contribution in [2.45, 2.75) is 0 Å². The quantitative estimate of drug-likeness (QED) is 0.801. The lowest BCUT2D eigenvalue weighted by Crippen LogP contribution is -2.52. The highest BCUT2D eigenvalue weighted by atomic mass is 16.4. The zero-order chi connectivity index (χ0) is 14.3. The summed E-state index contributed by atoms with van der Waals surface area (Å²) in [6, 6.07) is 4.87. The first-order valence-corrected chi connectivity index (χ1v) is 6.49. The highest BCUT2D eigenvalue weighted by molar-refractivity contribution is 6.01. The average molecular weight is 276 g/mol. The molecule has 0 atom stereocenters. The monoisotopic (exact) mass is 276 g/mol. The third-order valence-corrected chi connectivity index (χ3v) is 3.67. The number of carboxylic acids is 1. The number of aromatic amines is 1. The van der Waals surface area contributed by atoms with Crippen molar-refractivity contribution in [1.29, 1.82) is 0 Å². The first-order chi connectivity index (χ1) is 9.58. The largest absolute Gasteiger partial charge is 0.478 e. The molecule has 0 spiro atoms. The Kier molecular flexibility index (Phi) is 2.98. The number of H-pyrrole nitrogens is 1. The zero-order valence-corrected chi connectivity index (χ0v) is 11.2. The smallest absolute Gasteiger partial charge is 0.345 e. The minimum atomic E-state index is -1.03. The van der Waals surface area contributed by atoms with Crippen LogP contribution in [-0.2, 0) is 0 Å². The number of aromatic carboxylic acids is 1. The molecule has 2 N–H and O–H groups in total. The third kappa shape index (κ3) is 1.96. The van der Waals surface area contributed by atoms with Crippen molar-refractivity contribution in [2.24, 2.45) is 0 Å². The molecule has 1 aliphatic rings. The van der Waals surface area contributed by atoms with Crippen LogP contribution in [0.4, 0.5) is 0 Å². The van der Waals surface area contributed by atoms with Gasteiger partial charge in [-0.3, -0.25) is 0 Å². The molecule has 1 fully saturated rings. The highest BCUT2D eigenvalue weighted by Gasteiger charge is 2.21. The Balaban J connectivity index is 2.17. The van der Waals surface area contributed by atoms with E-state index in [2.05, 4.69) is 9.88 Å². The summed E-state index contributed by atoms with van der Waals surface area (Å²) in [6.45, 7) is 3.07. The second-order valence-electron chi connectivity index (χ2n) is 5.01. The highest BCUT2D eigenvalue weighted by Crippen LogP contribution is 2.17. The van der Waals surface area contributed by atoms with Gasteiger partial charge in [-0.05, 0) is 19.2 Å². The number of fused-ring (bicyclic) bond motifs is 1. The second-order valence-corrected chi connectivity index (χ2v) is 5.01. The predicted molar refractivity (Wildman–Crippen MR) is 75.0 cm³/mol. The average Bonchev–Trinajstić information content (AvgIpc) is 2.75. The molecule has 0 radical (unpaired) electrons. The van der Waals surface area contributed by atoms with Crippen LogP contribution < -0.4 is 10.7 Å². The van der Waals surface area contributed by atoms with Gasteiger partial charge in [0.25, 0.3) is 0 Å². The number of hydrogen-bond donors (Lipinski definition) is 2. The van der Waals surface area contributed by atoms with E-state index in [-0.39, 0.29) is 11.3 Å². The van der Waals surface area contributed by atoms with E-state index < -0.39 is 5.97 Å². The Morgan fingerprint density at radius 2 is 1.95 bits per heavy atom. The van der Waals surface area contributed by atoms with Gasteiger partial charge >= 0.3 is 11.7 Å². The van der Waals surface area contributed by atoms with Gasteiger partial charge in [0.05, 0.1) is 11.1 Å². The molecule has 7 heteroatoms. The van der Waals surface area contributed by atoms with E-state index in [0.717, 1.165) is 13.1 Å². The molecule has 3 rings (SSSR count). The summed E-state index contributed by atoms with van der Waals surface area (Å²) in [7, 11) is 2.03. The van der Waals surface area contributed by atoms with Crippen LogP contribution in [0.5, 0.6) is 0 Å². The normalized spacial score (nSPS) is 16.8. The maximum absolute atomic E-state index is 12.2. The molecule has 1 aromatic carbocycles. The number of para-hydroxylation sites is 1. The van der Waals surface area contributed by atoms with Gasteiger partial charge in [0.15, 0.2) is 0 Å². The fourth-order valence-electron chi connectivity index (χ4n) is 2.58. The van der Waals surface area contributed by atoms with Crippen LogP contribution in [-0.4, -0.2) is 58.9 Å². The molecule has 0 saturated carbocycles. The van der Waals surface area contributed by atoms with Gasteiger partial charge in [-0.2, -0.15) is 0 Å². The topological polar surface area (TPSA) is 81.6 Å². The Hall–Kier alpha value is -2.28. The van der Waals surface area contributed by atoms with Crippen LogP contribution in [0.2, 0.25) is 0 Å². The summed E-state index contributed by atoms with van der Waals surface area (Å²) >= 11 is 0. The fraction of sp³-hybridized carbons (Fsp3) is 0.385. The molecule has 0 amide bonds. The summed E-state index contributed by atoms with van der Waals surface area (Å²) in [5.41, 5.74) is 0.835. The number of benzene rings is 1. The Labute approximate surface area is 115 Å². The second kappa shape index (κ2) is 4.68. The van der Waals surface area contributed by atoms with Gasteiger partial charge in [-0.25, -0.2) is 14.3 Å². The molecule has 0 unspecified atom stereocenters. The van der Waals surface area contributed by atoms with E-state index in [1.165, 1.54) is 10.7 Å². The number of piperazine rings is 1. The third-order valence-electron chi connectivity index (χ3n) is 3.67. The number of rotatable bonds is 2. The van der Waals surface area contributed by atoms with Crippen LogP contribution in [0.3, 0.4) is 0 Å². The lowest BCUT2D eigenvalue weighted by molar-refractivity contribution is 0.0698. The van der Waals surface area contributed by atoms with Crippen molar-refractivity contribution in [2.75, 3.05) is 38.2 Å².